The van der Waals surface area contributed by atoms with Gasteiger partial charge in [0, 0.05) is 25.8 Å². The molecule has 1 heterocycles. The molecule has 1 aliphatic carbocycles. The van der Waals surface area contributed by atoms with E-state index in [0.717, 1.165) is 17.3 Å². The van der Waals surface area contributed by atoms with Gasteiger partial charge in [0.05, 0.1) is 5.02 Å². The molecule has 0 amide bonds. The van der Waals surface area contributed by atoms with E-state index in [1.807, 2.05) is 6.07 Å². The minimum absolute atomic E-state index is 0.461. The SMILES string of the molecule is CC1CCCCC1N(C)c1cc(CN)c(Cl)cn1. The number of nitrogens with zero attached hydrogens (tertiary/aromatic N) is 2. The van der Waals surface area contributed by atoms with Crippen molar-refractivity contribution in [3.8, 4) is 0 Å². The van der Waals surface area contributed by atoms with Gasteiger partial charge < -0.3 is 10.6 Å². The Hall–Kier alpha value is -0.800. The first-order valence-corrected chi connectivity index (χ1v) is 7.08. The Morgan fingerprint density at radius 1 is 1.44 bits per heavy atom. The predicted octanol–water partition coefficient (Wildman–Crippen LogP) is 3.21. The molecule has 1 aliphatic rings. The van der Waals surface area contributed by atoms with Gasteiger partial charge in [-0.25, -0.2) is 4.98 Å². The first-order valence-electron chi connectivity index (χ1n) is 6.70. The maximum atomic E-state index is 6.05. The van der Waals surface area contributed by atoms with Crippen molar-refractivity contribution >= 4 is 17.4 Å². The third kappa shape index (κ3) is 2.78. The Bertz CT molecular complexity index is 408. The Morgan fingerprint density at radius 3 is 2.83 bits per heavy atom. The lowest BCUT2D eigenvalue weighted by molar-refractivity contribution is 0.320. The van der Waals surface area contributed by atoms with Gasteiger partial charge >= 0.3 is 0 Å². The molecule has 18 heavy (non-hydrogen) atoms. The molecule has 3 nitrogen and oxygen atoms in total. The van der Waals surface area contributed by atoms with E-state index in [2.05, 4.69) is 23.9 Å². The summed E-state index contributed by atoms with van der Waals surface area (Å²) in [5.41, 5.74) is 6.66. The van der Waals surface area contributed by atoms with Crippen LogP contribution in [0.3, 0.4) is 0 Å². The number of nitrogens with two attached hydrogens (primary N) is 1. The van der Waals surface area contributed by atoms with Gasteiger partial charge in [0.25, 0.3) is 0 Å². The summed E-state index contributed by atoms with van der Waals surface area (Å²) in [5.74, 6) is 1.71. The Morgan fingerprint density at radius 2 is 2.17 bits per heavy atom. The van der Waals surface area contributed by atoms with Crippen molar-refractivity contribution in [3.63, 3.8) is 0 Å². The van der Waals surface area contributed by atoms with Crippen LogP contribution < -0.4 is 10.6 Å². The van der Waals surface area contributed by atoms with E-state index in [-0.39, 0.29) is 0 Å². The number of hydrogen-bond donors (Lipinski definition) is 1. The molecule has 100 valence electrons. The monoisotopic (exact) mass is 267 g/mol. The molecule has 1 aromatic heterocycles. The third-order valence-electron chi connectivity index (χ3n) is 4.07. The van der Waals surface area contributed by atoms with Crippen molar-refractivity contribution in [1.29, 1.82) is 0 Å². The summed E-state index contributed by atoms with van der Waals surface area (Å²) in [5, 5.41) is 0.659. The lowest BCUT2D eigenvalue weighted by Gasteiger charge is -2.37. The fourth-order valence-electron chi connectivity index (χ4n) is 2.86. The highest BCUT2D eigenvalue weighted by Gasteiger charge is 2.25. The van der Waals surface area contributed by atoms with E-state index >= 15 is 0 Å². The molecule has 0 spiro atoms. The summed E-state index contributed by atoms with van der Waals surface area (Å²) < 4.78 is 0. The summed E-state index contributed by atoms with van der Waals surface area (Å²) in [6.45, 7) is 2.79. The van der Waals surface area contributed by atoms with Crippen LogP contribution in [0.15, 0.2) is 12.3 Å². The average Bonchev–Trinajstić information content (AvgIpc) is 2.39. The van der Waals surface area contributed by atoms with Crippen molar-refractivity contribution < 1.29 is 0 Å². The molecular weight excluding hydrogens is 246 g/mol. The van der Waals surface area contributed by atoms with Crippen molar-refractivity contribution in [2.75, 3.05) is 11.9 Å². The second-order valence-electron chi connectivity index (χ2n) is 5.28. The van der Waals surface area contributed by atoms with Gasteiger partial charge in [0.15, 0.2) is 0 Å². The van der Waals surface area contributed by atoms with Crippen molar-refractivity contribution in [2.45, 2.75) is 45.2 Å². The fourth-order valence-corrected chi connectivity index (χ4v) is 3.04. The molecule has 2 unspecified atom stereocenters. The first-order chi connectivity index (χ1) is 8.63. The van der Waals surface area contributed by atoms with Crippen LogP contribution in [0.1, 0.15) is 38.2 Å². The normalized spacial score (nSPS) is 24.0. The summed E-state index contributed by atoms with van der Waals surface area (Å²) in [6.07, 6.45) is 6.94. The van der Waals surface area contributed by atoms with Crippen LogP contribution in [0, 0.1) is 5.92 Å². The van der Waals surface area contributed by atoms with Gasteiger partial charge in [-0.1, -0.05) is 31.4 Å². The maximum absolute atomic E-state index is 6.05. The molecule has 2 N–H and O–H groups in total. The van der Waals surface area contributed by atoms with Crippen molar-refractivity contribution in [3.05, 3.63) is 22.8 Å². The summed E-state index contributed by atoms with van der Waals surface area (Å²) in [6, 6.07) is 2.60. The van der Waals surface area contributed by atoms with Gasteiger partial charge in [0.1, 0.15) is 5.82 Å². The third-order valence-corrected chi connectivity index (χ3v) is 4.41. The van der Waals surface area contributed by atoms with Crippen LogP contribution in [0.4, 0.5) is 5.82 Å². The molecule has 1 fully saturated rings. The highest BCUT2D eigenvalue weighted by atomic mass is 35.5. The van der Waals surface area contributed by atoms with Crippen LogP contribution in [0.5, 0.6) is 0 Å². The number of halogens is 1. The summed E-state index contributed by atoms with van der Waals surface area (Å²) >= 11 is 6.05. The van der Waals surface area contributed by atoms with Gasteiger partial charge in [0.2, 0.25) is 0 Å². The van der Waals surface area contributed by atoms with Crippen LogP contribution in [-0.4, -0.2) is 18.1 Å². The zero-order valence-corrected chi connectivity index (χ0v) is 12.0. The van der Waals surface area contributed by atoms with Crippen LogP contribution in [0.2, 0.25) is 5.02 Å². The minimum atomic E-state index is 0.461. The summed E-state index contributed by atoms with van der Waals surface area (Å²) in [4.78, 5) is 6.73. The molecule has 4 heteroatoms. The molecule has 1 aromatic rings. The molecule has 0 radical (unpaired) electrons. The van der Waals surface area contributed by atoms with Crippen molar-refractivity contribution in [1.82, 2.24) is 4.98 Å². The smallest absolute Gasteiger partial charge is 0.128 e. The Kier molecular flexibility index (Phi) is 4.46. The van der Waals surface area contributed by atoms with Gasteiger partial charge in [-0.2, -0.15) is 0 Å². The highest BCUT2D eigenvalue weighted by Crippen LogP contribution is 2.30. The number of pyridine rings is 1. The Balaban J connectivity index is 2.19. The van der Waals surface area contributed by atoms with Crippen LogP contribution >= 0.6 is 11.6 Å². The molecule has 0 bridgehead atoms. The molecule has 2 rings (SSSR count). The number of aromatic nitrogens is 1. The van der Waals surface area contributed by atoms with E-state index in [1.165, 1.54) is 25.7 Å². The maximum Gasteiger partial charge on any atom is 0.128 e. The summed E-state index contributed by atoms with van der Waals surface area (Å²) in [7, 11) is 2.13. The van der Waals surface area contributed by atoms with E-state index in [4.69, 9.17) is 17.3 Å². The zero-order valence-electron chi connectivity index (χ0n) is 11.2. The largest absolute Gasteiger partial charge is 0.356 e. The van der Waals surface area contributed by atoms with E-state index in [9.17, 15) is 0 Å². The van der Waals surface area contributed by atoms with E-state index in [0.29, 0.717) is 17.6 Å². The Labute approximate surface area is 114 Å². The highest BCUT2D eigenvalue weighted by molar-refractivity contribution is 6.31. The van der Waals surface area contributed by atoms with Crippen molar-refractivity contribution in [2.24, 2.45) is 11.7 Å². The number of rotatable bonds is 3. The molecule has 0 saturated heterocycles. The van der Waals surface area contributed by atoms with E-state index in [1.54, 1.807) is 6.20 Å². The van der Waals surface area contributed by atoms with Gasteiger partial charge in [-0.15, -0.1) is 0 Å². The number of hydrogen-bond acceptors (Lipinski definition) is 3. The fraction of sp³-hybridized carbons (Fsp3) is 0.643. The number of anilines is 1. The van der Waals surface area contributed by atoms with Gasteiger partial charge in [-0.05, 0) is 30.4 Å². The molecule has 0 aliphatic heterocycles. The molecule has 2 atom stereocenters. The van der Waals surface area contributed by atoms with Crippen LogP contribution in [-0.2, 0) is 6.54 Å². The quantitative estimate of drug-likeness (QED) is 0.914. The zero-order chi connectivity index (χ0) is 13.1. The first kappa shape index (κ1) is 13.6. The standard InChI is InChI=1S/C14H22ClN3/c1-10-5-3-4-6-13(10)18(2)14-7-11(8-16)12(15)9-17-14/h7,9-10,13H,3-6,8,16H2,1-2H3. The van der Waals surface area contributed by atoms with Gasteiger partial charge in [-0.3, -0.25) is 0 Å². The topological polar surface area (TPSA) is 42.1 Å². The lowest BCUT2D eigenvalue weighted by atomic mass is 9.85. The van der Waals surface area contributed by atoms with E-state index < -0.39 is 0 Å². The second-order valence-corrected chi connectivity index (χ2v) is 5.69. The minimum Gasteiger partial charge on any atom is -0.356 e. The molecule has 0 aromatic carbocycles. The molecular formula is C14H22ClN3. The predicted molar refractivity (Wildman–Crippen MR) is 77.0 cm³/mol. The average molecular weight is 268 g/mol. The van der Waals surface area contributed by atoms with Crippen LogP contribution in [0.25, 0.3) is 0 Å². The lowest BCUT2D eigenvalue weighted by Crippen LogP contribution is -2.39. The molecule has 1 saturated carbocycles. The second kappa shape index (κ2) is 5.89.